The van der Waals surface area contributed by atoms with E-state index in [2.05, 4.69) is 5.32 Å². The molecule has 0 saturated carbocycles. The molecule has 6 heteroatoms. The van der Waals surface area contributed by atoms with Gasteiger partial charge in [0.15, 0.2) is 0 Å². The Morgan fingerprint density at radius 2 is 2.04 bits per heavy atom. The largest absolute Gasteiger partial charge is 0.383 e. The molecular formula is C20H24F2N2O2. The van der Waals surface area contributed by atoms with Gasteiger partial charge in [0.25, 0.3) is 5.91 Å². The maximum atomic E-state index is 14.2. The van der Waals surface area contributed by atoms with Gasteiger partial charge in [0.2, 0.25) is 0 Å². The van der Waals surface area contributed by atoms with Crippen LogP contribution in [0.25, 0.3) is 0 Å². The lowest BCUT2D eigenvalue weighted by Gasteiger charge is -2.17. The smallest absolute Gasteiger partial charge is 0.268 e. The van der Waals surface area contributed by atoms with Gasteiger partial charge in [-0.1, -0.05) is 6.07 Å². The summed E-state index contributed by atoms with van der Waals surface area (Å²) in [4.78, 5) is 12.8. The van der Waals surface area contributed by atoms with Gasteiger partial charge in [-0.3, -0.25) is 4.79 Å². The van der Waals surface area contributed by atoms with E-state index in [4.69, 9.17) is 4.74 Å². The molecule has 0 spiro atoms. The lowest BCUT2D eigenvalue weighted by atomic mass is 9.95. The third-order valence-electron chi connectivity index (χ3n) is 4.99. The summed E-state index contributed by atoms with van der Waals surface area (Å²) in [6.07, 6.45) is 3.93. The Hall–Kier alpha value is -2.21. The van der Waals surface area contributed by atoms with Gasteiger partial charge in [-0.2, -0.15) is 0 Å². The molecule has 2 aromatic rings. The van der Waals surface area contributed by atoms with Gasteiger partial charge in [0.1, 0.15) is 17.3 Å². The lowest BCUT2D eigenvalue weighted by molar-refractivity contribution is 0.0927. The van der Waals surface area contributed by atoms with Crippen LogP contribution in [-0.4, -0.2) is 30.7 Å². The van der Waals surface area contributed by atoms with Crippen LogP contribution in [0.1, 0.15) is 45.7 Å². The third-order valence-corrected chi connectivity index (χ3v) is 4.99. The van der Waals surface area contributed by atoms with Gasteiger partial charge in [0, 0.05) is 31.0 Å². The van der Waals surface area contributed by atoms with Crippen molar-refractivity contribution in [2.45, 2.75) is 39.2 Å². The lowest BCUT2D eigenvalue weighted by Crippen LogP contribution is -2.30. The number of hydrogen-bond donors (Lipinski definition) is 1. The van der Waals surface area contributed by atoms with Crippen molar-refractivity contribution in [2.24, 2.45) is 0 Å². The van der Waals surface area contributed by atoms with Crippen molar-refractivity contribution in [3.05, 3.63) is 57.9 Å². The highest BCUT2D eigenvalue weighted by Crippen LogP contribution is 2.30. The molecular weight excluding hydrogens is 338 g/mol. The summed E-state index contributed by atoms with van der Waals surface area (Å²) in [6.45, 7) is 3.01. The first-order valence-electron chi connectivity index (χ1n) is 8.94. The first-order valence-corrected chi connectivity index (χ1v) is 8.94. The second-order valence-electron chi connectivity index (χ2n) is 6.68. The number of amides is 1. The molecule has 1 aliphatic rings. The standard InChI is InChI=1S/C20H24F2N2O2/c1-13-16-5-3-4-6-18(16)24(19(13)20(25)23-9-10-26-2)12-14-7-8-15(21)11-17(14)22/h7-8,11H,3-6,9-10,12H2,1-2H3,(H,23,25). The van der Waals surface area contributed by atoms with Crippen LogP contribution in [0.2, 0.25) is 0 Å². The quantitative estimate of drug-likeness (QED) is 0.801. The van der Waals surface area contributed by atoms with Gasteiger partial charge in [-0.25, -0.2) is 8.78 Å². The Morgan fingerprint density at radius 3 is 2.77 bits per heavy atom. The molecule has 0 radical (unpaired) electrons. The molecule has 1 amide bonds. The zero-order valence-electron chi connectivity index (χ0n) is 15.2. The number of aromatic nitrogens is 1. The number of carbonyl (C=O) groups excluding carboxylic acids is 1. The molecule has 1 heterocycles. The zero-order valence-corrected chi connectivity index (χ0v) is 15.2. The van der Waals surface area contributed by atoms with Crippen LogP contribution in [0, 0.1) is 18.6 Å². The number of benzene rings is 1. The molecule has 0 atom stereocenters. The van der Waals surface area contributed by atoms with Crippen molar-refractivity contribution >= 4 is 5.91 Å². The molecule has 0 fully saturated rings. The molecule has 26 heavy (non-hydrogen) atoms. The van der Waals surface area contributed by atoms with Crippen LogP contribution in [0.4, 0.5) is 8.78 Å². The highest BCUT2D eigenvalue weighted by atomic mass is 19.1. The minimum Gasteiger partial charge on any atom is -0.383 e. The Balaban J connectivity index is 2.00. The van der Waals surface area contributed by atoms with Gasteiger partial charge >= 0.3 is 0 Å². The molecule has 4 nitrogen and oxygen atoms in total. The number of methoxy groups -OCH3 is 1. The molecule has 1 aliphatic carbocycles. The fourth-order valence-corrected chi connectivity index (χ4v) is 3.71. The maximum absolute atomic E-state index is 14.2. The Labute approximate surface area is 152 Å². The molecule has 0 saturated heterocycles. The number of fused-ring (bicyclic) bond motifs is 1. The van der Waals surface area contributed by atoms with Crippen molar-refractivity contribution in [1.29, 1.82) is 0 Å². The molecule has 0 bridgehead atoms. The van der Waals surface area contributed by atoms with Crippen molar-refractivity contribution < 1.29 is 18.3 Å². The summed E-state index contributed by atoms with van der Waals surface area (Å²) < 4.78 is 34.3. The van der Waals surface area contributed by atoms with E-state index < -0.39 is 11.6 Å². The summed E-state index contributed by atoms with van der Waals surface area (Å²) in [5.74, 6) is -1.38. The van der Waals surface area contributed by atoms with E-state index in [9.17, 15) is 13.6 Å². The van der Waals surface area contributed by atoms with Crippen LogP contribution in [0.5, 0.6) is 0 Å². The van der Waals surface area contributed by atoms with Crippen molar-refractivity contribution in [3.8, 4) is 0 Å². The molecule has 0 unspecified atom stereocenters. The first kappa shape index (κ1) is 18.6. The minimum absolute atomic E-state index is 0.184. The monoisotopic (exact) mass is 362 g/mol. The van der Waals surface area contributed by atoms with Gasteiger partial charge in [0.05, 0.1) is 13.2 Å². The minimum atomic E-state index is -0.602. The average Bonchev–Trinajstić information content (AvgIpc) is 2.90. The van der Waals surface area contributed by atoms with Crippen LogP contribution >= 0.6 is 0 Å². The van der Waals surface area contributed by atoms with E-state index in [-0.39, 0.29) is 12.5 Å². The Morgan fingerprint density at radius 1 is 1.27 bits per heavy atom. The number of nitrogens with zero attached hydrogens (tertiary/aromatic N) is 1. The first-order chi connectivity index (χ1) is 12.5. The van der Waals surface area contributed by atoms with E-state index in [0.29, 0.717) is 24.4 Å². The molecule has 140 valence electrons. The van der Waals surface area contributed by atoms with Crippen molar-refractivity contribution in [3.63, 3.8) is 0 Å². The van der Waals surface area contributed by atoms with Gasteiger partial charge in [-0.15, -0.1) is 0 Å². The molecule has 3 rings (SSSR count). The predicted molar refractivity (Wildman–Crippen MR) is 95.5 cm³/mol. The molecule has 0 aliphatic heterocycles. The summed E-state index contributed by atoms with van der Waals surface area (Å²) in [6, 6.07) is 3.58. The SMILES string of the molecule is COCCNC(=O)c1c(C)c2c(n1Cc1ccc(F)cc1F)CCCC2. The van der Waals surface area contributed by atoms with E-state index in [0.717, 1.165) is 43.0 Å². The topological polar surface area (TPSA) is 43.3 Å². The third kappa shape index (κ3) is 3.65. The fourth-order valence-electron chi connectivity index (χ4n) is 3.71. The normalized spacial score (nSPS) is 13.5. The zero-order chi connectivity index (χ0) is 18.7. The Bertz CT molecular complexity index is 815. The fraction of sp³-hybridized carbons (Fsp3) is 0.450. The summed E-state index contributed by atoms with van der Waals surface area (Å²) in [5.41, 5.74) is 4.18. The predicted octanol–water partition coefficient (Wildman–Crippen LogP) is 3.38. The maximum Gasteiger partial charge on any atom is 0.268 e. The van der Waals surface area contributed by atoms with E-state index >= 15 is 0 Å². The molecule has 1 aromatic heterocycles. The number of rotatable bonds is 6. The van der Waals surface area contributed by atoms with Crippen LogP contribution < -0.4 is 5.32 Å². The van der Waals surface area contributed by atoms with Crippen molar-refractivity contribution in [1.82, 2.24) is 9.88 Å². The number of hydrogen-bond acceptors (Lipinski definition) is 2. The molecule has 1 N–H and O–H groups in total. The highest BCUT2D eigenvalue weighted by molar-refractivity contribution is 5.95. The summed E-state index contributed by atoms with van der Waals surface area (Å²) in [7, 11) is 1.58. The van der Waals surface area contributed by atoms with Crippen LogP contribution in [0.15, 0.2) is 18.2 Å². The molecule has 1 aromatic carbocycles. The van der Waals surface area contributed by atoms with Crippen LogP contribution in [-0.2, 0) is 24.1 Å². The number of nitrogens with one attached hydrogen (secondary N) is 1. The highest BCUT2D eigenvalue weighted by Gasteiger charge is 2.26. The second-order valence-corrected chi connectivity index (χ2v) is 6.68. The van der Waals surface area contributed by atoms with E-state index in [1.165, 1.54) is 17.7 Å². The summed E-state index contributed by atoms with van der Waals surface area (Å²) in [5, 5.41) is 2.86. The van der Waals surface area contributed by atoms with Gasteiger partial charge in [-0.05, 0) is 49.8 Å². The average molecular weight is 362 g/mol. The van der Waals surface area contributed by atoms with E-state index in [1.807, 2.05) is 11.5 Å². The summed E-state index contributed by atoms with van der Waals surface area (Å²) >= 11 is 0. The van der Waals surface area contributed by atoms with E-state index in [1.54, 1.807) is 7.11 Å². The van der Waals surface area contributed by atoms with Gasteiger partial charge < -0.3 is 14.6 Å². The van der Waals surface area contributed by atoms with Crippen molar-refractivity contribution in [2.75, 3.05) is 20.3 Å². The number of carbonyl (C=O) groups is 1. The number of ether oxygens (including phenoxy) is 1. The Kier molecular flexibility index (Phi) is 5.71. The van der Waals surface area contributed by atoms with Crippen LogP contribution in [0.3, 0.4) is 0 Å². The second kappa shape index (κ2) is 7.99. The number of halogens is 2.